The third kappa shape index (κ3) is 3.64. The Balaban J connectivity index is 1.42. The summed E-state index contributed by atoms with van der Waals surface area (Å²) in [5.74, 6) is 1.15. The van der Waals surface area contributed by atoms with Crippen molar-refractivity contribution in [3.63, 3.8) is 0 Å². The van der Waals surface area contributed by atoms with Gasteiger partial charge in [-0.1, -0.05) is 0 Å². The molecule has 1 atom stereocenters. The van der Waals surface area contributed by atoms with Crippen LogP contribution in [0, 0.1) is 0 Å². The SMILES string of the molecule is C[C@@H]1c2nc(CC(=O)NCc3ccco3)cn2CCN1C(=O)c1cnccn1. The summed E-state index contributed by atoms with van der Waals surface area (Å²) in [6, 6.07) is 3.36. The summed E-state index contributed by atoms with van der Waals surface area (Å²) in [5, 5.41) is 2.81. The van der Waals surface area contributed by atoms with Crippen molar-refractivity contribution in [2.24, 2.45) is 0 Å². The monoisotopic (exact) mass is 380 g/mol. The van der Waals surface area contributed by atoms with E-state index >= 15 is 0 Å². The van der Waals surface area contributed by atoms with E-state index in [1.807, 2.05) is 17.7 Å². The summed E-state index contributed by atoms with van der Waals surface area (Å²) in [6.07, 6.45) is 8.12. The first kappa shape index (κ1) is 17.9. The van der Waals surface area contributed by atoms with Gasteiger partial charge in [-0.25, -0.2) is 9.97 Å². The molecule has 0 fully saturated rings. The summed E-state index contributed by atoms with van der Waals surface area (Å²) in [7, 11) is 0. The molecule has 1 aliphatic rings. The fraction of sp³-hybridized carbons (Fsp3) is 0.316. The Hall–Kier alpha value is -3.49. The third-order valence-electron chi connectivity index (χ3n) is 4.70. The largest absolute Gasteiger partial charge is 0.467 e. The number of hydrogen-bond donors (Lipinski definition) is 1. The summed E-state index contributed by atoms with van der Waals surface area (Å²) in [6.45, 7) is 3.43. The first-order valence-electron chi connectivity index (χ1n) is 9.04. The Labute approximate surface area is 161 Å². The highest BCUT2D eigenvalue weighted by Gasteiger charge is 2.31. The van der Waals surface area contributed by atoms with Gasteiger partial charge in [-0.2, -0.15) is 0 Å². The lowest BCUT2D eigenvalue weighted by Crippen LogP contribution is -2.41. The van der Waals surface area contributed by atoms with Crippen LogP contribution in [0.1, 0.15) is 40.7 Å². The molecule has 4 rings (SSSR count). The molecule has 4 heterocycles. The number of hydrogen-bond acceptors (Lipinski definition) is 6. The number of carbonyl (C=O) groups excluding carboxylic acids is 2. The second-order valence-corrected chi connectivity index (χ2v) is 6.58. The van der Waals surface area contributed by atoms with E-state index in [1.54, 1.807) is 23.3 Å². The highest BCUT2D eigenvalue weighted by atomic mass is 16.3. The molecule has 0 saturated heterocycles. The molecule has 3 aromatic heterocycles. The maximum absolute atomic E-state index is 12.7. The average Bonchev–Trinajstić information content (AvgIpc) is 3.37. The van der Waals surface area contributed by atoms with Crippen LogP contribution in [0.3, 0.4) is 0 Å². The van der Waals surface area contributed by atoms with Crippen molar-refractivity contribution in [2.75, 3.05) is 6.54 Å². The number of rotatable bonds is 5. The minimum atomic E-state index is -0.219. The zero-order chi connectivity index (χ0) is 19.5. The van der Waals surface area contributed by atoms with E-state index < -0.39 is 0 Å². The fourth-order valence-corrected chi connectivity index (χ4v) is 3.29. The van der Waals surface area contributed by atoms with E-state index in [0.29, 0.717) is 36.8 Å². The number of aromatic nitrogens is 4. The highest BCUT2D eigenvalue weighted by molar-refractivity contribution is 5.92. The van der Waals surface area contributed by atoms with E-state index in [1.165, 1.54) is 18.6 Å². The van der Waals surface area contributed by atoms with Crippen molar-refractivity contribution in [1.82, 2.24) is 29.7 Å². The van der Waals surface area contributed by atoms with Crippen LogP contribution in [-0.2, 0) is 24.3 Å². The van der Waals surface area contributed by atoms with Crippen molar-refractivity contribution >= 4 is 11.8 Å². The van der Waals surface area contributed by atoms with Crippen LogP contribution in [0.4, 0.5) is 0 Å². The van der Waals surface area contributed by atoms with Gasteiger partial charge in [0.2, 0.25) is 5.91 Å². The third-order valence-corrected chi connectivity index (χ3v) is 4.70. The van der Waals surface area contributed by atoms with Crippen LogP contribution in [0.25, 0.3) is 0 Å². The number of furan rings is 1. The van der Waals surface area contributed by atoms with Crippen molar-refractivity contribution in [3.8, 4) is 0 Å². The number of nitrogens with one attached hydrogen (secondary N) is 1. The van der Waals surface area contributed by atoms with Crippen LogP contribution in [0.5, 0.6) is 0 Å². The molecule has 144 valence electrons. The Morgan fingerprint density at radius 3 is 2.96 bits per heavy atom. The smallest absolute Gasteiger partial charge is 0.274 e. The van der Waals surface area contributed by atoms with Crippen LogP contribution < -0.4 is 5.32 Å². The van der Waals surface area contributed by atoms with Gasteiger partial charge < -0.3 is 19.2 Å². The number of carbonyl (C=O) groups is 2. The van der Waals surface area contributed by atoms with Gasteiger partial charge in [0.05, 0.1) is 37.2 Å². The van der Waals surface area contributed by atoms with Crippen molar-refractivity contribution in [1.29, 1.82) is 0 Å². The van der Waals surface area contributed by atoms with Gasteiger partial charge in [-0.15, -0.1) is 0 Å². The highest BCUT2D eigenvalue weighted by Crippen LogP contribution is 2.26. The first-order chi connectivity index (χ1) is 13.6. The minimum absolute atomic E-state index is 0.132. The second kappa shape index (κ2) is 7.63. The summed E-state index contributed by atoms with van der Waals surface area (Å²) in [4.78, 5) is 39.3. The maximum Gasteiger partial charge on any atom is 0.274 e. The molecule has 0 aliphatic carbocycles. The van der Waals surface area contributed by atoms with Gasteiger partial charge in [0.25, 0.3) is 5.91 Å². The quantitative estimate of drug-likeness (QED) is 0.716. The van der Waals surface area contributed by atoms with Gasteiger partial charge in [0, 0.05) is 31.7 Å². The van der Waals surface area contributed by atoms with Gasteiger partial charge in [0.1, 0.15) is 17.3 Å². The number of amides is 2. The predicted octanol–water partition coefficient (Wildman–Crippen LogP) is 1.34. The molecular formula is C19H20N6O3. The molecule has 0 spiro atoms. The topological polar surface area (TPSA) is 106 Å². The maximum atomic E-state index is 12.7. The van der Waals surface area contributed by atoms with E-state index in [2.05, 4.69) is 20.3 Å². The van der Waals surface area contributed by atoms with Crippen molar-refractivity contribution in [2.45, 2.75) is 32.5 Å². The Kier molecular flexibility index (Phi) is 4.88. The molecule has 1 aliphatic heterocycles. The first-order valence-corrected chi connectivity index (χ1v) is 9.04. The van der Waals surface area contributed by atoms with Gasteiger partial charge >= 0.3 is 0 Å². The lowest BCUT2D eigenvalue weighted by molar-refractivity contribution is -0.120. The molecule has 9 heteroatoms. The molecule has 0 radical (unpaired) electrons. The van der Waals surface area contributed by atoms with Crippen LogP contribution in [-0.4, -0.2) is 42.8 Å². The minimum Gasteiger partial charge on any atom is -0.467 e. The fourth-order valence-electron chi connectivity index (χ4n) is 3.29. The normalized spacial score (nSPS) is 15.9. The molecule has 0 saturated carbocycles. The van der Waals surface area contributed by atoms with Crippen molar-refractivity contribution in [3.05, 3.63) is 66.2 Å². The average molecular weight is 380 g/mol. The van der Waals surface area contributed by atoms with E-state index in [4.69, 9.17) is 4.42 Å². The lowest BCUT2D eigenvalue weighted by atomic mass is 10.2. The standard InChI is InChI=1S/C19H20N6O3/c1-13-18-23-14(9-17(26)22-10-15-3-2-8-28-15)12-24(18)6-7-25(13)19(27)16-11-20-4-5-21-16/h2-5,8,11-13H,6-7,9-10H2,1H3,(H,22,26)/t13-/m1/s1. The Bertz CT molecular complexity index is 967. The zero-order valence-corrected chi connectivity index (χ0v) is 15.4. The molecule has 28 heavy (non-hydrogen) atoms. The van der Waals surface area contributed by atoms with Gasteiger partial charge in [-0.05, 0) is 19.1 Å². The van der Waals surface area contributed by atoms with Gasteiger partial charge in [-0.3, -0.25) is 14.6 Å². The molecule has 0 aromatic carbocycles. The number of imidazole rings is 1. The van der Waals surface area contributed by atoms with Gasteiger partial charge in [0.15, 0.2) is 0 Å². The molecule has 0 bridgehead atoms. The van der Waals surface area contributed by atoms with E-state index in [-0.39, 0.29) is 24.3 Å². The predicted molar refractivity (Wildman–Crippen MR) is 98.0 cm³/mol. The molecule has 0 unspecified atom stereocenters. The summed E-state index contributed by atoms with van der Waals surface area (Å²) < 4.78 is 7.20. The van der Waals surface area contributed by atoms with Crippen LogP contribution in [0.15, 0.2) is 47.6 Å². The number of fused-ring (bicyclic) bond motifs is 1. The molecular weight excluding hydrogens is 360 g/mol. The number of nitrogens with zero attached hydrogens (tertiary/aromatic N) is 5. The summed E-state index contributed by atoms with van der Waals surface area (Å²) in [5.41, 5.74) is 0.986. The lowest BCUT2D eigenvalue weighted by Gasteiger charge is -2.33. The van der Waals surface area contributed by atoms with E-state index in [0.717, 1.165) is 5.82 Å². The van der Waals surface area contributed by atoms with E-state index in [9.17, 15) is 9.59 Å². The van der Waals surface area contributed by atoms with Crippen LogP contribution >= 0.6 is 0 Å². The van der Waals surface area contributed by atoms with Crippen molar-refractivity contribution < 1.29 is 14.0 Å². The Morgan fingerprint density at radius 2 is 2.21 bits per heavy atom. The summed E-state index contributed by atoms with van der Waals surface area (Å²) >= 11 is 0. The molecule has 2 amide bonds. The molecule has 9 nitrogen and oxygen atoms in total. The second-order valence-electron chi connectivity index (χ2n) is 6.58. The molecule has 3 aromatic rings. The zero-order valence-electron chi connectivity index (χ0n) is 15.4. The Morgan fingerprint density at radius 1 is 1.32 bits per heavy atom. The molecule has 1 N–H and O–H groups in total. The van der Waals surface area contributed by atoms with Crippen LogP contribution in [0.2, 0.25) is 0 Å².